The zero-order valence-electron chi connectivity index (χ0n) is 18.8. The lowest BCUT2D eigenvalue weighted by molar-refractivity contribution is 0.220. The molecule has 2 N–H and O–H groups in total. The predicted octanol–water partition coefficient (Wildman–Crippen LogP) is 3.32. The number of ether oxygens (including phenoxy) is 1. The Morgan fingerprint density at radius 2 is 1.76 bits per heavy atom. The van der Waals surface area contributed by atoms with Crippen LogP contribution in [0.2, 0.25) is 0 Å². The molecule has 0 unspecified atom stereocenters. The normalized spacial score (nSPS) is 14.5. The number of rotatable bonds is 11. The average molecular weight is 447 g/mol. The van der Waals surface area contributed by atoms with Crippen molar-refractivity contribution in [2.75, 3.05) is 36.9 Å². The van der Waals surface area contributed by atoms with Gasteiger partial charge in [-0.1, -0.05) is 30.7 Å². The van der Waals surface area contributed by atoms with Crippen LogP contribution in [0.5, 0.6) is 5.75 Å². The van der Waals surface area contributed by atoms with Gasteiger partial charge in [0.2, 0.25) is 0 Å². The number of hydrogen-bond donors (Lipinski definition) is 2. The highest BCUT2D eigenvalue weighted by molar-refractivity contribution is 5.74. The molecule has 2 aromatic carbocycles. The van der Waals surface area contributed by atoms with E-state index in [4.69, 9.17) is 4.74 Å². The third-order valence-electron chi connectivity index (χ3n) is 5.75. The van der Waals surface area contributed by atoms with E-state index >= 15 is 0 Å². The molecule has 4 rings (SSSR count). The lowest BCUT2D eigenvalue weighted by Gasteiger charge is -2.26. The second-order valence-electron chi connectivity index (χ2n) is 8.23. The molecule has 172 valence electrons. The lowest BCUT2D eigenvalue weighted by Crippen LogP contribution is -2.37. The van der Waals surface area contributed by atoms with Gasteiger partial charge in [0.1, 0.15) is 23.7 Å². The number of pyridine rings is 1. The Bertz CT molecular complexity index is 1130. The Morgan fingerprint density at radius 3 is 2.55 bits per heavy atom. The molecule has 0 spiro atoms. The minimum Gasteiger partial charge on any atom is -0.490 e. The van der Waals surface area contributed by atoms with Crippen molar-refractivity contribution in [3.8, 4) is 5.75 Å². The first-order chi connectivity index (χ1) is 16.2. The van der Waals surface area contributed by atoms with Crippen molar-refractivity contribution >= 4 is 11.4 Å². The summed E-state index contributed by atoms with van der Waals surface area (Å²) in [5, 5.41) is 6.02. The van der Waals surface area contributed by atoms with Crippen LogP contribution in [0.25, 0.3) is 0 Å². The quantitative estimate of drug-likeness (QED) is 0.345. The van der Waals surface area contributed by atoms with Gasteiger partial charge in [0.15, 0.2) is 0 Å². The minimum atomic E-state index is -0.495. The number of piperidine rings is 1. The molecule has 1 aliphatic rings. The first-order valence-electron chi connectivity index (χ1n) is 11.5. The van der Waals surface area contributed by atoms with Gasteiger partial charge in [0, 0.05) is 19.3 Å². The summed E-state index contributed by atoms with van der Waals surface area (Å²) in [6.45, 7) is 4.57. The summed E-state index contributed by atoms with van der Waals surface area (Å²) in [6, 6.07) is 13.8. The number of anilines is 2. The summed E-state index contributed by atoms with van der Waals surface area (Å²) in [5.74, 6) is 0.852. The van der Waals surface area contributed by atoms with E-state index in [2.05, 4.69) is 32.7 Å². The second kappa shape index (κ2) is 11.4. The van der Waals surface area contributed by atoms with Gasteiger partial charge in [-0.15, -0.1) is 0 Å². The maximum Gasteiger partial charge on any atom is 0.253 e. The smallest absolute Gasteiger partial charge is 0.253 e. The monoisotopic (exact) mass is 446 g/mol. The molecule has 0 aliphatic carbocycles. The van der Waals surface area contributed by atoms with Crippen molar-refractivity contribution in [3.63, 3.8) is 0 Å². The number of nitrogens with one attached hydrogen (secondary N) is 2. The maximum absolute atomic E-state index is 11.9. The molecule has 0 saturated carbocycles. The summed E-state index contributed by atoms with van der Waals surface area (Å²) >= 11 is 0. The van der Waals surface area contributed by atoms with E-state index in [0.717, 1.165) is 18.0 Å². The summed E-state index contributed by atoms with van der Waals surface area (Å²) in [7, 11) is 0. The Balaban J connectivity index is 1.20. The minimum absolute atomic E-state index is 0.320. The Kier molecular flexibility index (Phi) is 7.87. The average Bonchev–Trinajstić information content (AvgIpc) is 2.86. The van der Waals surface area contributed by atoms with Gasteiger partial charge in [0.05, 0.1) is 12.2 Å². The van der Waals surface area contributed by atoms with E-state index in [1.807, 2.05) is 42.5 Å². The highest BCUT2D eigenvalue weighted by Crippen LogP contribution is 2.18. The predicted molar refractivity (Wildman–Crippen MR) is 132 cm³/mol. The van der Waals surface area contributed by atoms with Gasteiger partial charge in [-0.05, 0) is 61.8 Å². The first-order valence-corrected chi connectivity index (χ1v) is 11.5. The van der Waals surface area contributed by atoms with Gasteiger partial charge in [-0.2, -0.15) is 0 Å². The van der Waals surface area contributed by atoms with E-state index in [0.29, 0.717) is 31.1 Å². The van der Waals surface area contributed by atoms with Crippen LogP contribution in [0, 0.1) is 0 Å². The molecule has 7 heteroatoms. The van der Waals surface area contributed by atoms with Crippen LogP contribution in [0.3, 0.4) is 0 Å². The molecule has 1 aliphatic heterocycles. The largest absolute Gasteiger partial charge is 0.490 e. The van der Waals surface area contributed by atoms with Crippen molar-refractivity contribution in [3.05, 3.63) is 92.5 Å². The SMILES string of the molecule is O=c1c(NCC=CCOc2cccc(CN3CCCCC3)c2)c(NCc2ccccn2)c1=O. The van der Waals surface area contributed by atoms with Crippen molar-refractivity contribution in [1.29, 1.82) is 0 Å². The highest BCUT2D eigenvalue weighted by atomic mass is 16.5. The summed E-state index contributed by atoms with van der Waals surface area (Å²) in [6.07, 6.45) is 9.39. The molecule has 33 heavy (non-hydrogen) atoms. The highest BCUT2D eigenvalue weighted by Gasteiger charge is 2.19. The Labute approximate surface area is 193 Å². The van der Waals surface area contributed by atoms with Crippen molar-refractivity contribution in [2.45, 2.75) is 32.4 Å². The molecule has 0 radical (unpaired) electrons. The Hall–Kier alpha value is -3.45. The van der Waals surface area contributed by atoms with E-state index in [1.165, 1.54) is 37.9 Å². The van der Waals surface area contributed by atoms with Crippen LogP contribution in [0.15, 0.2) is 70.4 Å². The molecular formula is C26H30N4O3. The zero-order valence-corrected chi connectivity index (χ0v) is 18.8. The molecule has 7 nitrogen and oxygen atoms in total. The fourth-order valence-corrected chi connectivity index (χ4v) is 3.98. The number of benzene rings is 1. The van der Waals surface area contributed by atoms with Gasteiger partial charge in [-0.25, -0.2) is 0 Å². The Morgan fingerprint density at radius 1 is 0.939 bits per heavy atom. The van der Waals surface area contributed by atoms with E-state index in [9.17, 15) is 9.59 Å². The third kappa shape index (κ3) is 6.29. The summed E-state index contributed by atoms with van der Waals surface area (Å²) < 4.78 is 5.84. The number of likely N-dealkylation sites (tertiary alicyclic amines) is 1. The van der Waals surface area contributed by atoms with Crippen LogP contribution < -0.4 is 26.2 Å². The number of nitrogens with zero attached hydrogens (tertiary/aromatic N) is 2. The fourth-order valence-electron chi connectivity index (χ4n) is 3.98. The topological polar surface area (TPSA) is 83.6 Å². The second-order valence-corrected chi connectivity index (χ2v) is 8.23. The molecule has 1 saturated heterocycles. The lowest BCUT2D eigenvalue weighted by atomic mass is 10.1. The maximum atomic E-state index is 11.9. The third-order valence-corrected chi connectivity index (χ3v) is 5.75. The molecule has 1 fully saturated rings. The van der Waals surface area contributed by atoms with E-state index in [-0.39, 0.29) is 0 Å². The van der Waals surface area contributed by atoms with Crippen LogP contribution in [0.4, 0.5) is 11.4 Å². The van der Waals surface area contributed by atoms with Gasteiger partial charge in [0.25, 0.3) is 10.9 Å². The molecule has 2 heterocycles. The van der Waals surface area contributed by atoms with Gasteiger partial charge < -0.3 is 15.4 Å². The molecule has 3 aromatic rings. The molecule has 0 atom stereocenters. The van der Waals surface area contributed by atoms with Crippen LogP contribution in [-0.2, 0) is 13.1 Å². The summed E-state index contributed by atoms with van der Waals surface area (Å²) in [4.78, 5) is 30.5. The van der Waals surface area contributed by atoms with Crippen molar-refractivity contribution < 1.29 is 4.74 Å². The van der Waals surface area contributed by atoms with E-state index in [1.54, 1.807) is 6.20 Å². The molecule has 0 amide bonds. The van der Waals surface area contributed by atoms with Gasteiger partial charge >= 0.3 is 0 Å². The molecule has 1 aromatic heterocycles. The first kappa shape index (κ1) is 22.7. The zero-order chi connectivity index (χ0) is 22.9. The van der Waals surface area contributed by atoms with E-state index < -0.39 is 10.9 Å². The molecular weight excluding hydrogens is 416 g/mol. The van der Waals surface area contributed by atoms with Gasteiger partial charge in [-0.3, -0.25) is 19.5 Å². The van der Waals surface area contributed by atoms with Crippen LogP contribution in [-0.4, -0.2) is 36.1 Å². The molecule has 0 bridgehead atoms. The number of hydrogen-bond acceptors (Lipinski definition) is 7. The summed E-state index contributed by atoms with van der Waals surface area (Å²) in [5.41, 5.74) is 1.73. The van der Waals surface area contributed by atoms with Crippen LogP contribution >= 0.6 is 0 Å². The van der Waals surface area contributed by atoms with Crippen LogP contribution in [0.1, 0.15) is 30.5 Å². The fraction of sp³-hybridized carbons (Fsp3) is 0.346. The van der Waals surface area contributed by atoms with Crippen molar-refractivity contribution in [2.24, 2.45) is 0 Å². The van der Waals surface area contributed by atoms with Crippen molar-refractivity contribution in [1.82, 2.24) is 9.88 Å². The standard InChI is InChI=1S/C26H30N4O3/c31-25-23(24(26(25)32)29-18-21-10-2-3-12-27-21)28-13-4-7-16-33-22-11-8-9-20(17-22)19-30-14-5-1-6-15-30/h2-4,7-12,17,28-29H,1,5-6,13-16,18-19H2. The number of aromatic nitrogens is 1.